The molecule has 0 aliphatic heterocycles. The summed E-state index contributed by atoms with van der Waals surface area (Å²) in [7, 11) is 0. The van der Waals surface area contributed by atoms with Crippen molar-refractivity contribution in [2.45, 2.75) is 27.1 Å². The molecule has 8 nitrogen and oxygen atoms in total. The van der Waals surface area contributed by atoms with Crippen LogP contribution >= 0.6 is 39.1 Å². The second kappa shape index (κ2) is 8.86. The zero-order valence-corrected chi connectivity index (χ0v) is 19.8. The van der Waals surface area contributed by atoms with E-state index >= 15 is 0 Å². The molecule has 3 heterocycles. The summed E-state index contributed by atoms with van der Waals surface area (Å²) in [6.07, 6.45) is 5.07. The van der Waals surface area contributed by atoms with E-state index in [1.54, 1.807) is 46.2 Å². The summed E-state index contributed by atoms with van der Waals surface area (Å²) in [4.78, 5) is 12.6. The zero-order chi connectivity index (χ0) is 22.1. The van der Waals surface area contributed by atoms with Crippen LogP contribution in [-0.2, 0) is 13.2 Å². The largest absolute Gasteiger partial charge is 0.318 e. The summed E-state index contributed by atoms with van der Waals surface area (Å²) < 4.78 is 6.15. The van der Waals surface area contributed by atoms with Gasteiger partial charge in [-0.2, -0.15) is 15.3 Å². The standard InChI is InChI=1S/C20H18BrCl2N7O/c1-12-19(21)13(2)30(26-12)11-28-6-5-18(27-28)20(31)25-15-8-24-29(10-15)9-14-3-4-16(22)17(23)7-14/h3-8,10H,9,11H2,1-2H3,(H,25,31). The third-order valence-electron chi connectivity index (χ3n) is 4.67. The van der Waals surface area contributed by atoms with Gasteiger partial charge in [-0.1, -0.05) is 29.3 Å². The topological polar surface area (TPSA) is 82.6 Å². The van der Waals surface area contributed by atoms with Crippen molar-refractivity contribution in [2.75, 3.05) is 5.32 Å². The van der Waals surface area contributed by atoms with Gasteiger partial charge in [0.2, 0.25) is 0 Å². The highest BCUT2D eigenvalue weighted by atomic mass is 79.9. The van der Waals surface area contributed by atoms with E-state index in [1.165, 1.54) is 0 Å². The van der Waals surface area contributed by atoms with Gasteiger partial charge in [0.15, 0.2) is 5.69 Å². The number of hydrogen-bond donors (Lipinski definition) is 1. The summed E-state index contributed by atoms with van der Waals surface area (Å²) in [6.45, 7) is 4.81. The molecule has 1 N–H and O–H groups in total. The Morgan fingerprint density at radius 3 is 2.65 bits per heavy atom. The molecule has 0 radical (unpaired) electrons. The number of carbonyl (C=O) groups is 1. The van der Waals surface area contributed by atoms with Crippen molar-refractivity contribution in [1.29, 1.82) is 0 Å². The number of carbonyl (C=O) groups excluding carboxylic acids is 1. The second-order valence-corrected chi connectivity index (χ2v) is 8.60. The van der Waals surface area contributed by atoms with E-state index in [4.69, 9.17) is 23.2 Å². The molecule has 1 aromatic carbocycles. The van der Waals surface area contributed by atoms with Gasteiger partial charge in [0.25, 0.3) is 5.91 Å². The molecule has 11 heteroatoms. The first-order valence-corrected chi connectivity index (χ1v) is 10.9. The molecule has 0 aliphatic rings. The minimum absolute atomic E-state index is 0.304. The van der Waals surface area contributed by atoms with Crippen LogP contribution in [0.4, 0.5) is 5.69 Å². The lowest BCUT2D eigenvalue weighted by atomic mass is 10.2. The first-order valence-electron chi connectivity index (χ1n) is 9.31. The van der Waals surface area contributed by atoms with Crippen LogP contribution in [0.1, 0.15) is 27.4 Å². The quantitative estimate of drug-likeness (QED) is 0.395. The fourth-order valence-corrected chi connectivity index (χ4v) is 3.65. The summed E-state index contributed by atoms with van der Waals surface area (Å²) in [5.41, 5.74) is 3.72. The molecular formula is C20H18BrCl2N7O. The van der Waals surface area contributed by atoms with Crippen LogP contribution in [0.3, 0.4) is 0 Å². The maximum absolute atomic E-state index is 12.6. The maximum atomic E-state index is 12.6. The number of nitrogens with one attached hydrogen (secondary N) is 1. The fraction of sp³-hybridized carbons (Fsp3) is 0.200. The van der Waals surface area contributed by atoms with Crippen LogP contribution in [-0.4, -0.2) is 35.2 Å². The second-order valence-electron chi connectivity index (χ2n) is 7.00. The molecule has 3 aromatic heterocycles. The first-order chi connectivity index (χ1) is 14.8. The highest BCUT2D eigenvalue weighted by molar-refractivity contribution is 9.10. The van der Waals surface area contributed by atoms with E-state index in [0.29, 0.717) is 34.6 Å². The Hall–Kier alpha value is -2.62. The average Bonchev–Trinajstić information content (AvgIpc) is 3.43. The molecule has 0 saturated carbocycles. The van der Waals surface area contributed by atoms with E-state index in [9.17, 15) is 4.79 Å². The third-order valence-corrected chi connectivity index (χ3v) is 6.55. The molecule has 31 heavy (non-hydrogen) atoms. The number of benzene rings is 1. The Balaban J connectivity index is 1.40. The van der Waals surface area contributed by atoms with Crippen LogP contribution in [0.5, 0.6) is 0 Å². The Kier molecular flexibility index (Phi) is 6.17. The molecule has 0 bridgehead atoms. The van der Waals surface area contributed by atoms with Crippen LogP contribution in [0.15, 0.2) is 47.3 Å². The fourth-order valence-electron chi connectivity index (χ4n) is 3.05. The summed E-state index contributed by atoms with van der Waals surface area (Å²) in [6, 6.07) is 7.07. The summed E-state index contributed by atoms with van der Waals surface area (Å²) in [5.74, 6) is -0.317. The monoisotopic (exact) mass is 521 g/mol. The number of aryl methyl sites for hydroxylation is 1. The van der Waals surface area contributed by atoms with Gasteiger partial charge >= 0.3 is 0 Å². The normalized spacial score (nSPS) is 11.1. The molecule has 160 valence electrons. The lowest BCUT2D eigenvalue weighted by Gasteiger charge is -2.05. The highest BCUT2D eigenvalue weighted by Gasteiger charge is 2.13. The number of anilines is 1. The summed E-state index contributed by atoms with van der Waals surface area (Å²) >= 11 is 15.5. The Labute approximate surface area is 196 Å². The van der Waals surface area contributed by atoms with Crippen molar-refractivity contribution in [1.82, 2.24) is 29.3 Å². The first kappa shape index (κ1) is 21.6. The third kappa shape index (κ3) is 4.84. The number of aromatic nitrogens is 6. The maximum Gasteiger partial charge on any atom is 0.276 e. The number of rotatable bonds is 6. The lowest BCUT2D eigenvalue weighted by molar-refractivity contribution is 0.102. The molecule has 0 aliphatic carbocycles. The van der Waals surface area contributed by atoms with Crippen LogP contribution in [0.25, 0.3) is 0 Å². The SMILES string of the molecule is Cc1nn(Cn2ccc(C(=O)Nc3cnn(Cc4ccc(Cl)c(Cl)c4)c3)n2)c(C)c1Br. The van der Waals surface area contributed by atoms with E-state index in [1.807, 2.05) is 24.6 Å². The molecular weight excluding hydrogens is 505 g/mol. The van der Waals surface area contributed by atoms with Gasteiger partial charge in [0, 0.05) is 12.4 Å². The molecule has 0 spiro atoms. The van der Waals surface area contributed by atoms with Crippen molar-refractivity contribution in [2.24, 2.45) is 0 Å². The number of nitrogens with zero attached hydrogens (tertiary/aromatic N) is 6. The molecule has 1 amide bonds. The highest BCUT2D eigenvalue weighted by Crippen LogP contribution is 2.23. The molecule has 0 fully saturated rings. The minimum Gasteiger partial charge on any atom is -0.318 e. The van der Waals surface area contributed by atoms with Crippen molar-refractivity contribution < 1.29 is 4.79 Å². The molecule has 4 aromatic rings. The van der Waals surface area contributed by atoms with Crippen LogP contribution in [0, 0.1) is 13.8 Å². The van der Waals surface area contributed by atoms with Crippen molar-refractivity contribution in [3.8, 4) is 0 Å². The predicted molar refractivity (Wildman–Crippen MR) is 123 cm³/mol. The van der Waals surface area contributed by atoms with E-state index < -0.39 is 0 Å². The lowest BCUT2D eigenvalue weighted by Crippen LogP contribution is -2.15. The van der Waals surface area contributed by atoms with E-state index in [2.05, 4.69) is 36.5 Å². The van der Waals surface area contributed by atoms with Crippen molar-refractivity contribution in [3.05, 3.63) is 80.0 Å². The van der Waals surface area contributed by atoms with Gasteiger partial charge in [-0.3, -0.25) is 14.2 Å². The van der Waals surface area contributed by atoms with Gasteiger partial charge in [0.05, 0.1) is 44.3 Å². The predicted octanol–water partition coefficient (Wildman–Crippen LogP) is 4.77. The van der Waals surface area contributed by atoms with Crippen molar-refractivity contribution >= 4 is 50.7 Å². The van der Waals surface area contributed by atoms with Gasteiger partial charge in [-0.05, 0) is 53.5 Å². The van der Waals surface area contributed by atoms with Crippen LogP contribution in [0.2, 0.25) is 10.0 Å². The zero-order valence-electron chi connectivity index (χ0n) is 16.7. The Morgan fingerprint density at radius 2 is 1.94 bits per heavy atom. The smallest absolute Gasteiger partial charge is 0.276 e. The van der Waals surface area contributed by atoms with Crippen LogP contribution < -0.4 is 5.32 Å². The molecule has 4 rings (SSSR count). The number of hydrogen-bond acceptors (Lipinski definition) is 4. The summed E-state index contributed by atoms with van der Waals surface area (Å²) in [5, 5.41) is 16.9. The molecule has 0 unspecified atom stereocenters. The molecule has 0 atom stereocenters. The van der Waals surface area contributed by atoms with Gasteiger partial charge < -0.3 is 5.32 Å². The Bertz CT molecular complexity index is 1260. The van der Waals surface area contributed by atoms with Gasteiger partial charge in [-0.25, -0.2) is 4.68 Å². The van der Waals surface area contributed by atoms with Crippen molar-refractivity contribution in [3.63, 3.8) is 0 Å². The minimum atomic E-state index is -0.317. The van der Waals surface area contributed by atoms with Gasteiger partial charge in [-0.15, -0.1) is 0 Å². The van der Waals surface area contributed by atoms with E-state index in [-0.39, 0.29) is 5.91 Å². The Morgan fingerprint density at radius 1 is 1.13 bits per heavy atom. The number of halogens is 3. The number of amides is 1. The molecule has 0 saturated heterocycles. The average molecular weight is 523 g/mol. The van der Waals surface area contributed by atoms with Gasteiger partial charge in [0.1, 0.15) is 6.67 Å². The van der Waals surface area contributed by atoms with E-state index in [0.717, 1.165) is 21.4 Å².